The van der Waals surface area contributed by atoms with Crippen molar-refractivity contribution in [3.8, 4) is 11.4 Å². The van der Waals surface area contributed by atoms with Gasteiger partial charge in [0.2, 0.25) is 0 Å². The minimum absolute atomic E-state index is 0.396. The van der Waals surface area contributed by atoms with Crippen LogP contribution in [0.5, 0.6) is 0 Å². The van der Waals surface area contributed by atoms with E-state index < -0.39 is 0 Å². The van der Waals surface area contributed by atoms with Crippen LogP contribution in [0, 0.1) is 0 Å². The van der Waals surface area contributed by atoms with Gasteiger partial charge in [0.05, 0.1) is 0 Å². The van der Waals surface area contributed by atoms with Crippen molar-refractivity contribution in [3.63, 3.8) is 0 Å². The molecule has 1 fully saturated rings. The average Bonchev–Trinajstić information content (AvgIpc) is 3.35. The van der Waals surface area contributed by atoms with E-state index in [1.165, 1.54) is 24.1 Å². The van der Waals surface area contributed by atoms with Crippen LogP contribution >= 0.6 is 0 Å². The lowest BCUT2D eigenvalue weighted by atomic mass is 10.1. The summed E-state index contributed by atoms with van der Waals surface area (Å²) in [6, 6.07) is 21.6. The number of para-hydroxylation sites is 1. The van der Waals surface area contributed by atoms with Crippen molar-refractivity contribution in [2.75, 3.05) is 22.9 Å². The van der Waals surface area contributed by atoms with Crippen LogP contribution in [0.25, 0.3) is 11.4 Å². The third kappa shape index (κ3) is 2.95. The van der Waals surface area contributed by atoms with Gasteiger partial charge in [-0.25, -0.2) is 9.97 Å². The molecule has 1 saturated heterocycles. The van der Waals surface area contributed by atoms with Crippen LogP contribution in [0.1, 0.15) is 25.3 Å². The van der Waals surface area contributed by atoms with E-state index >= 15 is 0 Å². The maximum absolute atomic E-state index is 4.99. The molecule has 0 bridgehead atoms. The van der Waals surface area contributed by atoms with Gasteiger partial charge in [-0.2, -0.15) is 0 Å². The summed E-state index contributed by atoms with van der Waals surface area (Å²) in [6.07, 6.45) is 3.53. The Morgan fingerprint density at radius 1 is 0.852 bits per heavy atom. The SMILES string of the molecule is CC1Cc2ccccc2N1c1cc(N2CCCC2)nc(-c2ccccc2)n1. The van der Waals surface area contributed by atoms with Gasteiger partial charge in [0.1, 0.15) is 11.6 Å². The monoisotopic (exact) mass is 356 g/mol. The lowest BCUT2D eigenvalue weighted by molar-refractivity contribution is 0.749. The van der Waals surface area contributed by atoms with Gasteiger partial charge >= 0.3 is 0 Å². The van der Waals surface area contributed by atoms with E-state index in [2.05, 4.69) is 71.3 Å². The first-order valence-corrected chi connectivity index (χ1v) is 9.86. The van der Waals surface area contributed by atoms with Crippen molar-refractivity contribution in [3.05, 3.63) is 66.2 Å². The lowest BCUT2D eigenvalue weighted by Crippen LogP contribution is -2.26. The molecule has 2 aromatic carbocycles. The van der Waals surface area contributed by atoms with Gasteiger partial charge < -0.3 is 9.80 Å². The zero-order valence-corrected chi connectivity index (χ0v) is 15.7. The number of rotatable bonds is 3. The van der Waals surface area contributed by atoms with E-state index in [0.29, 0.717) is 6.04 Å². The molecule has 0 saturated carbocycles. The molecule has 4 nitrogen and oxygen atoms in total. The summed E-state index contributed by atoms with van der Waals surface area (Å²) in [4.78, 5) is 14.7. The van der Waals surface area contributed by atoms with Crippen molar-refractivity contribution in [1.29, 1.82) is 0 Å². The van der Waals surface area contributed by atoms with Crippen molar-refractivity contribution in [1.82, 2.24) is 9.97 Å². The maximum atomic E-state index is 4.99. The molecular weight excluding hydrogens is 332 g/mol. The molecule has 27 heavy (non-hydrogen) atoms. The van der Waals surface area contributed by atoms with Gasteiger partial charge in [-0.3, -0.25) is 0 Å². The lowest BCUT2D eigenvalue weighted by Gasteiger charge is -2.26. The molecule has 0 radical (unpaired) electrons. The molecule has 0 amide bonds. The number of nitrogens with zero attached hydrogens (tertiary/aromatic N) is 4. The van der Waals surface area contributed by atoms with Gasteiger partial charge in [-0.15, -0.1) is 0 Å². The van der Waals surface area contributed by atoms with E-state index in [0.717, 1.165) is 42.5 Å². The van der Waals surface area contributed by atoms with Crippen LogP contribution in [-0.4, -0.2) is 29.1 Å². The van der Waals surface area contributed by atoms with Crippen molar-refractivity contribution < 1.29 is 0 Å². The minimum Gasteiger partial charge on any atom is -0.356 e. The number of benzene rings is 2. The van der Waals surface area contributed by atoms with Crippen molar-refractivity contribution >= 4 is 17.3 Å². The molecule has 136 valence electrons. The molecule has 3 heterocycles. The van der Waals surface area contributed by atoms with E-state index in [1.807, 2.05) is 6.07 Å². The number of hydrogen-bond donors (Lipinski definition) is 0. The second kappa shape index (κ2) is 6.69. The maximum Gasteiger partial charge on any atom is 0.163 e. The molecule has 1 unspecified atom stereocenters. The smallest absolute Gasteiger partial charge is 0.163 e. The third-order valence-electron chi connectivity index (χ3n) is 5.62. The Morgan fingerprint density at radius 3 is 2.37 bits per heavy atom. The third-order valence-corrected chi connectivity index (χ3v) is 5.62. The molecule has 0 N–H and O–H groups in total. The summed E-state index contributed by atoms with van der Waals surface area (Å²) < 4.78 is 0. The molecule has 1 atom stereocenters. The Kier molecular flexibility index (Phi) is 4.04. The largest absolute Gasteiger partial charge is 0.356 e. The highest BCUT2D eigenvalue weighted by atomic mass is 15.3. The van der Waals surface area contributed by atoms with Gasteiger partial charge in [0.15, 0.2) is 5.82 Å². The quantitative estimate of drug-likeness (QED) is 0.673. The van der Waals surface area contributed by atoms with E-state index in [-0.39, 0.29) is 0 Å². The predicted molar refractivity (Wildman–Crippen MR) is 111 cm³/mol. The summed E-state index contributed by atoms with van der Waals surface area (Å²) in [7, 11) is 0. The fourth-order valence-electron chi connectivity index (χ4n) is 4.28. The second-order valence-electron chi connectivity index (χ2n) is 7.52. The first kappa shape index (κ1) is 16.3. The summed E-state index contributed by atoms with van der Waals surface area (Å²) in [5.41, 5.74) is 3.74. The minimum atomic E-state index is 0.396. The van der Waals surface area contributed by atoms with Crippen molar-refractivity contribution in [2.45, 2.75) is 32.2 Å². The molecule has 2 aliphatic rings. The Labute approximate surface area is 160 Å². The molecule has 3 aromatic rings. The zero-order valence-electron chi connectivity index (χ0n) is 15.7. The zero-order chi connectivity index (χ0) is 18.2. The number of hydrogen-bond acceptors (Lipinski definition) is 4. The standard InChI is InChI=1S/C23H24N4/c1-17-15-19-11-5-6-12-20(19)27(17)22-16-21(26-13-7-8-14-26)24-23(25-22)18-9-3-2-4-10-18/h2-6,9-12,16-17H,7-8,13-15H2,1H3. The summed E-state index contributed by atoms with van der Waals surface area (Å²) in [6.45, 7) is 4.44. The van der Waals surface area contributed by atoms with E-state index in [9.17, 15) is 0 Å². The van der Waals surface area contributed by atoms with Crippen LogP contribution in [0.2, 0.25) is 0 Å². The average molecular weight is 356 g/mol. The highest BCUT2D eigenvalue weighted by Crippen LogP contribution is 2.39. The normalized spacial score (nSPS) is 18.8. The highest BCUT2D eigenvalue weighted by Gasteiger charge is 2.29. The summed E-state index contributed by atoms with van der Waals surface area (Å²) in [5.74, 6) is 2.86. The summed E-state index contributed by atoms with van der Waals surface area (Å²) in [5, 5.41) is 0. The number of anilines is 3. The van der Waals surface area contributed by atoms with Gasteiger partial charge in [-0.05, 0) is 37.8 Å². The Morgan fingerprint density at radius 2 is 1.56 bits per heavy atom. The van der Waals surface area contributed by atoms with E-state index in [4.69, 9.17) is 9.97 Å². The fourth-order valence-corrected chi connectivity index (χ4v) is 4.28. The molecule has 1 aromatic heterocycles. The van der Waals surface area contributed by atoms with E-state index in [1.54, 1.807) is 0 Å². The Bertz CT molecular complexity index is 948. The van der Waals surface area contributed by atoms with Crippen LogP contribution < -0.4 is 9.80 Å². The Hall–Kier alpha value is -2.88. The topological polar surface area (TPSA) is 32.3 Å². The van der Waals surface area contributed by atoms with Gasteiger partial charge in [0.25, 0.3) is 0 Å². The number of fused-ring (bicyclic) bond motifs is 1. The predicted octanol–water partition coefficient (Wildman–Crippen LogP) is 4.83. The Balaban J connectivity index is 1.64. The van der Waals surface area contributed by atoms with Crippen LogP contribution in [0.4, 0.5) is 17.3 Å². The molecule has 5 rings (SSSR count). The molecule has 4 heteroatoms. The first-order valence-electron chi connectivity index (χ1n) is 9.86. The van der Waals surface area contributed by atoms with Crippen LogP contribution in [0.3, 0.4) is 0 Å². The van der Waals surface area contributed by atoms with Crippen LogP contribution in [0.15, 0.2) is 60.7 Å². The molecule has 0 aliphatic carbocycles. The number of aromatic nitrogens is 2. The summed E-state index contributed by atoms with van der Waals surface area (Å²) >= 11 is 0. The highest BCUT2D eigenvalue weighted by molar-refractivity contribution is 5.72. The first-order chi connectivity index (χ1) is 13.3. The second-order valence-corrected chi connectivity index (χ2v) is 7.52. The van der Waals surface area contributed by atoms with Crippen molar-refractivity contribution in [2.24, 2.45) is 0 Å². The fraction of sp³-hybridized carbons (Fsp3) is 0.304. The molecular formula is C23H24N4. The molecule has 2 aliphatic heterocycles. The van der Waals surface area contributed by atoms with Crippen LogP contribution in [-0.2, 0) is 6.42 Å². The molecule has 0 spiro atoms. The van der Waals surface area contributed by atoms with Gasteiger partial charge in [-0.1, -0.05) is 48.5 Å². The van der Waals surface area contributed by atoms with Gasteiger partial charge in [0, 0.05) is 36.4 Å².